The Morgan fingerprint density at radius 2 is 1.74 bits per heavy atom. The highest BCUT2D eigenvalue weighted by molar-refractivity contribution is 9.10. The van der Waals surface area contributed by atoms with Crippen molar-refractivity contribution in [3.8, 4) is 17.2 Å². The summed E-state index contributed by atoms with van der Waals surface area (Å²) in [7, 11) is 3.13. The number of rotatable bonds is 7. The number of ether oxygens (including phenoxy) is 3. The molecule has 0 aliphatic carbocycles. The molecule has 2 aromatic carbocycles. The number of amides is 1. The van der Waals surface area contributed by atoms with Gasteiger partial charge in [-0.15, -0.1) is 0 Å². The van der Waals surface area contributed by atoms with E-state index in [2.05, 4.69) is 21.2 Å². The van der Waals surface area contributed by atoms with Crippen molar-refractivity contribution in [2.75, 3.05) is 27.4 Å². The summed E-state index contributed by atoms with van der Waals surface area (Å²) < 4.78 is 17.1. The zero-order valence-electron chi connectivity index (χ0n) is 13.0. The third kappa shape index (κ3) is 4.63. The first kappa shape index (κ1) is 17.1. The first-order valence-corrected chi connectivity index (χ1v) is 7.82. The number of hydrogen-bond donors (Lipinski definition) is 1. The molecule has 6 heteroatoms. The summed E-state index contributed by atoms with van der Waals surface area (Å²) in [4.78, 5) is 12.0. The van der Waals surface area contributed by atoms with E-state index in [1.165, 1.54) is 0 Å². The highest BCUT2D eigenvalue weighted by atomic mass is 79.9. The van der Waals surface area contributed by atoms with Crippen molar-refractivity contribution in [3.63, 3.8) is 0 Å². The average molecular weight is 380 g/mol. The largest absolute Gasteiger partial charge is 0.493 e. The molecule has 2 aromatic rings. The third-order valence-corrected chi connectivity index (χ3v) is 3.65. The van der Waals surface area contributed by atoms with Crippen LogP contribution in [0.1, 0.15) is 10.4 Å². The topological polar surface area (TPSA) is 56.8 Å². The molecule has 122 valence electrons. The minimum atomic E-state index is -0.140. The van der Waals surface area contributed by atoms with Gasteiger partial charge in [0, 0.05) is 10.0 Å². The number of nitrogens with one attached hydrogen (secondary N) is 1. The highest BCUT2D eigenvalue weighted by Gasteiger charge is 2.10. The van der Waals surface area contributed by atoms with Gasteiger partial charge in [-0.2, -0.15) is 0 Å². The molecule has 0 aromatic heterocycles. The molecule has 0 heterocycles. The van der Waals surface area contributed by atoms with Gasteiger partial charge in [-0.25, -0.2) is 0 Å². The van der Waals surface area contributed by atoms with Gasteiger partial charge in [0.15, 0.2) is 11.5 Å². The van der Waals surface area contributed by atoms with Crippen molar-refractivity contribution in [3.05, 3.63) is 52.5 Å². The quantitative estimate of drug-likeness (QED) is 0.750. The van der Waals surface area contributed by atoms with E-state index in [0.717, 1.165) is 4.47 Å². The van der Waals surface area contributed by atoms with E-state index in [9.17, 15) is 4.79 Å². The SMILES string of the molecule is COc1cccc(OCCNC(=O)c2ccc(Br)cc2)c1OC. The van der Waals surface area contributed by atoms with Crippen molar-refractivity contribution in [1.82, 2.24) is 5.32 Å². The van der Waals surface area contributed by atoms with E-state index < -0.39 is 0 Å². The lowest BCUT2D eigenvalue weighted by atomic mass is 10.2. The maximum absolute atomic E-state index is 12.0. The summed E-state index contributed by atoms with van der Waals surface area (Å²) >= 11 is 3.34. The number of carbonyl (C=O) groups is 1. The first-order valence-electron chi connectivity index (χ1n) is 7.03. The van der Waals surface area contributed by atoms with E-state index in [1.807, 2.05) is 18.2 Å². The van der Waals surface area contributed by atoms with Crippen LogP contribution in [0.2, 0.25) is 0 Å². The molecule has 0 unspecified atom stereocenters. The van der Waals surface area contributed by atoms with Crippen LogP contribution in [0.25, 0.3) is 0 Å². The van der Waals surface area contributed by atoms with Crippen LogP contribution in [0.15, 0.2) is 46.9 Å². The molecule has 0 atom stereocenters. The normalized spacial score (nSPS) is 10.0. The summed E-state index contributed by atoms with van der Waals surface area (Å²) in [5.41, 5.74) is 0.604. The Labute approximate surface area is 143 Å². The molecule has 0 saturated carbocycles. The maximum Gasteiger partial charge on any atom is 0.251 e. The summed E-state index contributed by atoms with van der Waals surface area (Å²) in [5, 5.41) is 2.80. The van der Waals surface area contributed by atoms with Crippen molar-refractivity contribution in [2.24, 2.45) is 0 Å². The Balaban J connectivity index is 1.86. The molecule has 1 amide bonds. The first-order chi connectivity index (χ1) is 11.2. The number of para-hydroxylation sites is 1. The number of methoxy groups -OCH3 is 2. The summed E-state index contributed by atoms with van der Waals surface area (Å²) in [6.07, 6.45) is 0. The summed E-state index contributed by atoms with van der Waals surface area (Å²) in [6.45, 7) is 0.709. The predicted octanol–water partition coefficient (Wildman–Crippen LogP) is 3.28. The molecule has 0 radical (unpaired) electrons. The van der Waals surface area contributed by atoms with Crippen LogP contribution >= 0.6 is 15.9 Å². The number of halogens is 1. The van der Waals surface area contributed by atoms with E-state index in [-0.39, 0.29) is 5.91 Å². The Kier molecular flexibility index (Phi) is 6.29. The van der Waals surface area contributed by atoms with E-state index >= 15 is 0 Å². The molecular weight excluding hydrogens is 362 g/mol. The molecule has 1 N–H and O–H groups in total. The Hall–Kier alpha value is -2.21. The number of benzene rings is 2. The van der Waals surface area contributed by atoms with E-state index in [1.54, 1.807) is 38.5 Å². The van der Waals surface area contributed by atoms with Gasteiger partial charge in [0.1, 0.15) is 6.61 Å². The molecule has 2 rings (SSSR count). The lowest BCUT2D eigenvalue weighted by molar-refractivity contribution is 0.0946. The standard InChI is InChI=1S/C17H18BrNO4/c1-21-14-4-3-5-15(16(14)22-2)23-11-10-19-17(20)12-6-8-13(18)9-7-12/h3-9H,10-11H2,1-2H3,(H,19,20). The van der Waals surface area contributed by atoms with Crippen molar-refractivity contribution >= 4 is 21.8 Å². The Bertz CT molecular complexity index is 658. The molecule has 0 saturated heterocycles. The van der Waals surface area contributed by atoms with Crippen molar-refractivity contribution < 1.29 is 19.0 Å². The van der Waals surface area contributed by atoms with Gasteiger partial charge in [0.2, 0.25) is 5.75 Å². The van der Waals surface area contributed by atoms with Crippen LogP contribution in [0.4, 0.5) is 0 Å². The summed E-state index contributed by atoms with van der Waals surface area (Å²) in [5.74, 6) is 1.57. The van der Waals surface area contributed by atoms with Gasteiger partial charge in [0.05, 0.1) is 20.8 Å². The smallest absolute Gasteiger partial charge is 0.251 e. The van der Waals surface area contributed by atoms with Gasteiger partial charge in [-0.1, -0.05) is 22.0 Å². The zero-order valence-corrected chi connectivity index (χ0v) is 14.6. The van der Waals surface area contributed by atoms with Crippen LogP contribution in [-0.2, 0) is 0 Å². The molecule has 0 aliphatic rings. The van der Waals surface area contributed by atoms with Crippen LogP contribution < -0.4 is 19.5 Å². The van der Waals surface area contributed by atoms with Crippen LogP contribution in [0.3, 0.4) is 0 Å². The molecule has 23 heavy (non-hydrogen) atoms. The maximum atomic E-state index is 12.0. The summed E-state index contributed by atoms with van der Waals surface area (Å²) in [6, 6.07) is 12.6. The number of hydrogen-bond acceptors (Lipinski definition) is 4. The lowest BCUT2D eigenvalue weighted by Gasteiger charge is -2.13. The fourth-order valence-corrected chi connectivity index (χ4v) is 2.26. The molecule has 0 spiro atoms. The second-order valence-electron chi connectivity index (χ2n) is 4.60. The minimum absolute atomic E-state index is 0.140. The molecule has 0 fully saturated rings. The van der Waals surface area contributed by atoms with Crippen LogP contribution in [-0.4, -0.2) is 33.3 Å². The lowest BCUT2D eigenvalue weighted by Crippen LogP contribution is -2.28. The van der Waals surface area contributed by atoms with Gasteiger partial charge in [0.25, 0.3) is 5.91 Å². The average Bonchev–Trinajstić information content (AvgIpc) is 2.58. The minimum Gasteiger partial charge on any atom is -0.493 e. The Morgan fingerprint density at radius 3 is 2.39 bits per heavy atom. The van der Waals surface area contributed by atoms with Gasteiger partial charge in [-0.3, -0.25) is 4.79 Å². The Morgan fingerprint density at radius 1 is 1.04 bits per heavy atom. The second kappa shape index (κ2) is 8.43. The molecule has 5 nitrogen and oxygen atoms in total. The monoisotopic (exact) mass is 379 g/mol. The van der Waals surface area contributed by atoms with Crippen molar-refractivity contribution in [2.45, 2.75) is 0 Å². The second-order valence-corrected chi connectivity index (χ2v) is 5.52. The fraction of sp³-hybridized carbons (Fsp3) is 0.235. The predicted molar refractivity (Wildman–Crippen MR) is 91.5 cm³/mol. The van der Waals surface area contributed by atoms with Crippen molar-refractivity contribution in [1.29, 1.82) is 0 Å². The number of carbonyl (C=O) groups excluding carboxylic acids is 1. The zero-order chi connectivity index (χ0) is 16.7. The van der Waals surface area contributed by atoms with Gasteiger partial charge >= 0.3 is 0 Å². The fourth-order valence-electron chi connectivity index (χ4n) is 2.00. The van der Waals surface area contributed by atoms with E-state index in [4.69, 9.17) is 14.2 Å². The molecular formula is C17H18BrNO4. The van der Waals surface area contributed by atoms with Crippen LogP contribution in [0, 0.1) is 0 Å². The van der Waals surface area contributed by atoms with Gasteiger partial charge in [-0.05, 0) is 36.4 Å². The molecule has 0 bridgehead atoms. The van der Waals surface area contributed by atoms with Crippen LogP contribution in [0.5, 0.6) is 17.2 Å². The molecule has 0 aliphatic heterocycles. The third-order valence-electron chi connectivity index (χ3n) is 3.12. The van der Waals surface area contributed by atoms with E-state index in [0.29, 0.717) is 36.0 Å². The van der Waals surface area contributed by atoms with Gasteiger partial charge < -0.3 is 19.5 Å². The highest BCUT2D eigenvalue weighted by Crippen LogP contribution is 2.36.